The SMILES string of the molecule is COc1ccccc1NCCN(C)C. The fraction of sp³-hybridized carbons (Fsp3) is 0.455. The molecule has 0 bridgehead atoms. The van der Waals surface area contributed by atoms with Gasteiger partial charge in [0.1, 0.15) is 5.75 Å². The second kappa shape index (κ2) is 5.50. The second-order valence-electron chi connectivity index (χ2n) is 3.43. The first-order valence-corrected chi connectivity index (χ1v) is 4.75. The molecule has 0 unspecified atom stereocenters. The van der Waals surface area contributed by atoms with Crippen molar-refractivity contribution in [1.82, 2.24) is 4.90 Å². The van der Waals surface area contributed by atoms with Crippen molar-refractivity contribution >= 4 is 5.69 Å². The van der Waals surface area contributed by atoms with E-state index in [2.05, 4.69) is 24.3 Å². The van der Waals surface area contributed by atoms with Gasteiger partial charge in [-0.05, 0) is 26.2 Å². The third-order valence-corrected chi connectivity index (χ3v) is 1.98. The van der Waals surface area contributed by atoms with Crippen molar-refractivity contribution in [1.29, 1.82) is 0 Å². The van der Waals surface area contributed by atoms with Crippen molar-refractivity contribution in [2.24, 2.45) is 0 Å². The van der Waals surface area contributed by atoms with Gasteiger partial charge in [-0.1, -0.05) is 12.1 Å². The molecule has 0 aromatic heterocycles. The topological polar surface area (TPSA) is 24.5 Å². The lowest BCUT2D eigenvalue weighted by Crippen LogP contribution is -2.20. The van der Waals surface area contributed by atoms with Gasteiger partial charge in [0.25, 0.3) is 0 Å². The van der Waals surface area contributed by atoms with E-state index in [-0.39, 0.29) is 0 Å². The van der Waals surface area contributed by atoms with Gasteiger partial charge in [-0.15, -0.1) is 0 Å². The molecule has 0 fully saturated rings. The molecule has 0 saturated heterocycles. The van der Waals surface area contributed by atoms with Crippen LogP contribution in [0.2, 0.25) is 0 Å². The Balaban J connectivity index is 2.49. The first-order valence-electron chi connectivity index (χ1n) is 4.75. The maximum atomic E-state index is 5.23. The quantitative estimate of drug-likeness (QED) is 0.771. The number of likely N-dealkylation sites (N-methyl/N-ethyl adjacent to an activating group) is 1. The summed E-state index contributed by atoms with van der Waals surface area (Å²) >= 11 is 0. The van der Waals surface area contributed by atoms with E-state index in [1.807, 2.05) is 24.3 Å². The minimum atomic E-state index is 0.895. The summed E-state index contributed by atoms with van der Waals surface area (Å²) in [5.41, 5.74) is 1.05. The summed E-state index contributed by atoms with van der Waals surface area (Å²) in [6, 6.07) is 7.95. The average molecular weight is 194 g/mol. The molecule has 3 nitrogen and oxygen atoms in total. The molecule has 1 aromatic rings. The Bertz CT molecular complexity index is 274. The van der Waals surface area contributed by atoms with Gasteiger partial charge in [0, 0.05) is 13.1 Å². The van der Waals surface area contributed by atoms with Gasteiger partial charge in [0.15, 0.2) is 0 Å². The van der Waals surface area contributed by atoms with Crippen molar-refractivity contribution in [2.45, 2.75) is 0 Å². The highest BCUT2D eigenvalue weighted by Crippen LogP contribution is 2.22. The van der Waals surface area contributed by atoms with Crippen molar-refractivity contribution in [3.63, 3.8) is 0 Å². The first-order chi connectivity index (χ1) is 6.74. The number of methoxy groups -OCH3 is 1. The van der Waals surface area contributed by atoms with Gasteiger partial charge in [0.05, 0.1) is 12.8 Å². The van der Waals surface area contributed by atoms with Crippen LogP contribution in [0.3, 0.4) is 0 Å². The molecular formula is C11H18N2O. The third-order valence-electron chi connectivity index (χ3n) is 1.98. The summed E-state index contributed by atoms with van der Waals surface area (Å²) in [5, 5.41) is 3.33. The Labute approximate surface area is 85.7 Å². The molecule has 0 aliphatic rings. The van der Waals surface area contributed by atoms with Gasteiger partial charge in [-0.25, -0.2) is 0 Å². The molecule has 0 radical (unpaired) electrons. The number of hydrogen-bond donors (Lipinski definition) is 1. The van der Waals surface area contributed by atoms with E-state index in [4.69, 9.17) is 4.74 Å². The Morgan fingerprint density at radius 3 is 2.64 bits per heavy atom. The van der Waals surface area contributed by atoms with Crippen LogP contribution in [-0.4, -0.2) is 39.2 Å². The molecule has 0 amide bonds. The van der Waals surface area contributed by atoms with Crippen LogP contribution in [0.5, 0.6) is 5.75 Å². The minimum absolute atomic E-state index is 0.895. The summed E-state index contributed by atoms with van der Waals surface area (Å²) in [6.07, 6.45) is 0. The molecule has 0 aliphatic heterocycles. The molecule has 0 spiro atoms. The molecule has 1 N–H and O–H groups in total. The molecule has 3 heteroatoms. The predicted octanol–water partition coefficient (Wildman–Crippen LogP) is 1.67. The van der Waals surface area contributed by atoms with Crippen LogP contribution >= 0.6 is 0 Å². The van der Waals surface area contributed by atoms with Crippen LogP contribution in [0, 0.1) is 0 Å². The number of benzene rings is 1. The Hall–Kier alpha value is -1.22. The first kappa shape index (κ1) is 10.9. The van der Waals surface area contributed by atoms with Gasteiger partial charge in [0.2, 0.25) is 0 Å². The van der Waals surface area contributed by atoms with Crippen molar-refractivity contribution in [3.05, 3.63) is 24.3 Å². The molecule has 0 atom stereocenters. The Morgan fingerprint density at radius 1 is 1.29 bits per heavy atom. The lowest BCUT2D eigenvalue weighted by Gasteiger charge is -2.13. The Kier molecular flexibility index (Phi) is 4.26. The number of ether oxygens (including phenoxy) is 1. The third kappa shape index (κ3) is 3.26. The zero-order chi connectivity index (χ0) is 10.4. The maximum Gasteiger partial charge on any atom is 0.141 e. The van der Waals surface area contributed by atoms with Crippen molar-refractivity contribution in [3.8, 4) is 5.75 Å². The lowest BCUT2D eigenvalue weighted by molar-refractivity contribution is 0.413. The highest BCUT2D eigenvalue weighted by atomic mass is 16.5. The van der Waals surface area contributed by atoms with E-state index in [0.29, 0.717) is 0 Å². The fourth-order valence-electron chi connectivity index (χ4n) is 1.20. The number of nitrogens with zero attached hydrogens (tertiary/aromatic N) is 1. The number of rotatable bonds is 5. The van der Waals surface area contributed by atoms with Crippen molar-refractivity contribution in [2.75, 3.05) is 39.6 Å². The molecule has 0 saturated carbocycles. The van der Waals surface area contributed by atoms with Crippen LogP contribution in [0.15, 0.2) is 24.3 Å². The molecule has 1 rings (SSSR count). The van der Waals surface area contributed by atoms with E-state index in [1.54, 1.807) is 7.11 Å². The maximum absolute atomic E-state index is 5.23. The van der Waals surface area contributed by atoms with Gasteiger partial charge in [-0.2, -0.15) is 0 Å². The standard InChI is InChI=1S/C11H18N2O/c1-13(2)9-8-12-10-6-4-5-7-11(10)14-3/h4-7,12H,8-9H2,1-3H3. The molecule has 78 valence electrons. The molecular weight excluding hydrogens is 176 g/mol. The van der Waals surface area contributed by atoms with Gasteiger partial charge in [-0.3, -0.25) is 0 Å². The smallest absolute Gasteiger partial charge is 0.141 e. The van der Waals surface area contributed by atoms with E-state index in [0.717, 1.165) is 24.5 Å². The van der Waals surface area contributed by atoms with E-state index >= 15 is 0 Å². The molecule has 0 heterocycles. The number of para-hydroxylation sites is 2. The largest absolute Gasteiger partial charge is 0.495 e. The summed E-state index contributed by atoms with van der Waals surface area (Å²) in [7, 11) is 5.81. The average Bonchev–Trinajstić information content (AvgIpc) is 2.18. The highest BCUT2D eigenvalue weighted by Gasteiger charge is 1.99. The van der Waals surface area contributed by atoms with Crippen LogP contribution in [0.25, 0.3) is 0 Å². The normalized spacial score (nSPS) is 10.3. The van der Waals surface area contributed by atoms with Crippen molar-refractivity contribution < 1.29 is 4.74 Å². The van der Waals surface area contributed by atoms with E-state index in [9.17, 15) is 0 Å². The van der Waals surface area contributed by atoms with Gasteiger partial charge < -0.3 is 15.0 Å². The number of anilines is 1. The predicted molar refractivity (Wildman–Crippen MR) is 60.0 cm³/mol. The van der Waals surface area contributed by atoms with Crippen LogP contribution in [0.1, 0.15) is 0 Å². The fourth-order valence-corrected chi connectivity index (χ4v) is 1.20. The zero-order valence-electron chi connectivity index (χ0n) is 9.08. The van der Waals surface area contributed by atoms with Gasteiger partial charge >= 0.3 is 0 Å². The molecule has 1 aromatic carbocycles. The highest BCUT2D eigenvalue weighted by molar-refractivity contribution is 5.55. The van der Waals surface area contributed by atoms with Crippen LogP contribution < -0.4 is 10.1 Å². The minimum Gasteiger partial charge on any atom is -0.495 e. The summed E-state index contributed by atoms with van der Waals surface area (Å²) in [5.74, 6) is 0.895. The lowest BCUT2D eigenvalue weighted by atomic mass is 10.3. The Morgan fingerprint density at radius 2 is 2.00 bits per heavy atom. The van der Waals surface area contributed by atoms with E-state index in [1.165, 1.54) is 0 Å². The zero-order valence-corrected chi connectivity index (χ0v) is 9.08. The molecule has 0 aliphatic carbocycles. The molecule has 14 heavy (non-hydrogen) atoms. The number of nitrogens with one attached hydrogen (secondary N) is 1. The van der Waals surface area contributed by atoms with Crippen LogP contribution in [-0.2, 0) is 0 Å². The monoisotopic (exact) mass is 194 g/mol. The van der Waals surface area contributed by atoms with Crippen LogP contribution in [0.4, 0.5) is 5.69 Å². The summed E-state index contributed by atoms with van der Waals surface area (Å²) in [4.78, 5) is 2.14. The number of hydrogen-bond acceptors (Lipinski definition) is 3. The van der Waals surface area contributed by atoms with E-state index < -0.39 is 0 Å². The summed E-state index contributed by atoms with van der Waals surface area (Å²) < 4.78 is 5.23. The summed E-state index contributed by atoms with van der Waals surface area (Å²) in [6.45, 7) is 1.94. The second-order valence-corrected chi connectivity index (χ2v) is 3.43.